The van der Waals surface area contributed by atoms with Crippen molar-refractivity contribution in [3.8, 4) is 5.75 Å². The van der Waals surface area contributed by atoms with Gasteiger partial charge in [-0.1, -0.05) is 12.1 Å². The molecule has 60 valence electrons. The zero-order chi connectivity index (χ0) is 8.27. The van der Waals surface area contributed by atoms with Gasteiger partial charge in [-0.3, -0.25) is 11.3 Å². The van der Waals surface area contributed by atoms with Crippen molar-refractivity contribution in [3.05, 3.63) is 27.3 Å². The molecule has 1 rings (SSSR count). The SMILES string of the molecule is NNCc1cccc(I)c1O. The number of phenolic OH excluding ortho intramolecular Hbond substituents is 1. The first-order chi connectivity index (χ1) is 5.25. The molecular weight excluding hydrogens is 255 g/mol. The van der Waals surface area contributed by atoms with E-state index in [4.69, 9.17) is 5.84 Å². The molecule has 0 saturated heterocycles. The Balaban J connectivity index is 2.96. The van der Waals surface area contributed by atoms with Crippen molar-refractivity contribution in [2.24, 2.45) is 5.84 Å². The van der Waals surface area contributed by atoms with Gasteiger partial charge in [0.2, 0.25) is 0 Å². The molecule has 0 aliphatic carbocycles. The van der Waals surface area contributed by atoms with Crippen molar-refractivity contribution in [2.45, 2.75) is 6.54 Å². The molecule has 0 heterocycles. The van der Waals surface area contributed by atoms with E-state index in [1.807, 2.05) is 18.2 Å². The average molecular weight is 264 g/mol. The van der Waals surface area contributed by atoms with E-state index in [1.54, 1.807) is 0 Å². The lowest BCUT2D eigenvalue weighted by Gasteiger charge is -2.03. The molecule has 0 spiro atoms. The van der Waals surface area contributed by atoms with E-state index in [9.17, 15) is 5.11 Å². The molecule has 0 aliphatic rings. The number of aromatic hydroxyl groups is 1. The Morgan fingerprint density at radius 3 is 2.91 bits per heavy atom. The van der Waals surface area contributed by atoms with Gasteiger partial charge in [0.05, 0.1) is 3.57 Å². The lowest BCUT2D eigenvalue weighted by molar-refractivity contribution is 0.461. The molecule has 0 saturated carbocycles. The lowest BCUT2D eigenvalue weighted by atomic mass is 10.2. The third-order valence-electron chi connectivity index (χ3n) is 1.36. The van der Waals surface area contributed by atoms with Gasteiger partial charge in [-0.05, 0) is 28.7 Å². The van der Waals surface area contributed by atoms with E-state index in [0.29, 0.717) is 12.3 Å². The average Bonchev–Trinajstić information content (AvgIpc) is 1.99. The fraction of sp³-hybridized carbons (Fsp3) is 0.143. The maximum atomic E-state index is 9.43. The number of hydrazine groups is 1. The number of para-hydroxylation sites is 1. The summed E-state index contributed by atoms with van der Waals surface area (Å²) in [6.45, 7) is 0.489. The summed E-state index contributed by atoms with van der Waals surface area (Å²) in [5.41, 5.74) is 3.31. The molecule has 1 aromatic rings. The predicted octanol–water partition coefficient (Wildman–Crippen LogP) is 0.960. The summed E-state index contributed by atoms with van der Waals surface area (Å²) in [4.78, 5) is 0. The van der Waals surface area contributed by atoms with Gasteiger partial charge >= 0.3 is 0 Å². The van der Waals surface area contributed by atoms with Crippen molar-refractivity contribution >= 4 is 22.6 Å². The molecule has 0 aliphatic heterocycles. The molecule has 1 aromatic carbocycles. The number of hydrogen-bond acceptors (Lipinski definition) is 3. The van der Waals surface area contributed by atoms with Crippen molar-refractivity contribution in [1.82, 2.24) is 5.43 Å². The Morgan fingerprint density at radius 1 is 1.55 bits per heavy atom. The Morgan fingerprint density at radius 2 is 2.27 bits per heavy atom. The van der Waals surface area contributed by atoms with Gasteiger partial charge in [0.15, 0.2) is 0 Å². The fourth-order valence-corrected chi connectivity index (χ4v) is 1.37. The van der Waals surface area contributed by atoms with Crippen LogP contribution in [0.25, 0.3) is 0 Å². The third kappa shape index (κ3) is 2.05. The molecule has 0 radical (unpaired) electrons. The first-order valence-electron chi connectivity index (χ1n) is 3.15. The highest BCUT2D eigenvalue weighted by molar-refractivity contribution is 14.1. The maximum absolute atomic E-state index is 9.43. The summed E-state index contributed by atoms with van der Waals surface area (Å²) in [5, 5.41) is 9.43. The first kappa shape index (κ1) is 8.76. The van der Waals surface area contributed by atoms with Crippen LogP contribution >= 0.6 is 22.6 Å². The molecule has 11 heavy (non-hydrogen) atoms. The zero-order valence-corrected chi connectivity index (χ0v) is 8.00. The normalized spacial score (nSPS) is 10.0. The number of nitrogens with two attached hydrogens (primary N) is 1. The van der Waals surface area contributed by atoms with Gasteiger partial charge in [-0.2, -0.15) is 0 Å². The van der Waals surface area contributed by atoms with Crippen molar-refractivity contribution in [2.75, 3.05) is 0 Å². The van der Waals surface area contributed by atoms with E-state index in [0.717, 1.165) is 9.13 Å². The molecule has 0 atom stereocenters. The standard InChI is InChI=1S/C7H9IN2O/c8-6-3-1-2-5(4-10-9)7(6)11/h1-3,10-11H,4,9H2. The first-order valence-corrected chi connectivity index (χ1v) is 4.23. The highest BCUT2D eigenvalue weighted by Gasteiger charge is 2.01. The van der Waals surface area contributed by atoms with Crippen molar-refractivity contribution in [3.63, 3.8) is 0 Å². The van der Waals surface area contributed by atoms with Gasteiger partial charge in [-0.15, -0.1) is 0 Å². The van der Waals surface area contributed by atoms with Crippen LogP contribution in [0.4, 0.5) is 0 Å². The number of phenols is 1. The lowest BCUT2D eigenvalue weighted by Crippen LogP contribution is -2.20. The molecule has 0 fully saturated rings. The number of halogens is 1. The van der Waals surface area contributed by atoms with E-state index >= 15 is 0 Å². The summed E-state index contributed by atoms with van der Waals surface area (Å²) in [7, 11) is 0. The summed E-state index contributed by atoms with van der Waals surface area (Å²) in [5.74, 6) is 5.43. The van der Waals surface area contributed by atoms with Crippen LogP contribution in [-0.4, -0.2) is 5.11 Å². The molecule has 3 nitrogen and oxygen atoms in total. The van der Waals surface area contributed by atoms with Gasteiger partial charge in [0.1, 0.15) is 5.75 Å². The molecular formula is C7H9IN2O. The van der Waals surface area contributed by atoms with E-state index < -0.39 is 0 Å². The molecule has 4 N–H and O–H groups in total. The molecule has 0 aromatic heterocycles. The highest BCUT2D eigenvalue weighted by atomic mass is 127. The van der Waals surface area contributed by atoms with E-state index in [2.05, 4.69) is 28.0 Å². The van der Waals surface area contributed by atoms with Crippen LogP contribution in [-0.2, 0) is 6.54 Å². The Bertz CT molecular complexity index is 252. The van der Waals surface area contributed by atoms with Crippen LogP contribution < -0.4 is 11.3 Å². The second-order valence-corrected chi connectivity index (χ2v) is 3.29. The van der Waals surface area contributed by atoms with E-state index in [-0.39, 0.29) is 0 Å². The predicted molar refractivity (Wildman–Crippen MR) is 51.9 cm³/mol. The monoisotopic (exact) mass is 264 g/mol. The van der Waals surface area contributed by atoms with Crippen LogP contribution in [0, 0.1) is 3.57 Å². The number of hydrogen-bond donors (Lipinski definition) is 3. The quantitative estimate of drug-likeness (QED) is 0.423. The largest absolute Gasteiger partial charge is 0.507 e. The Kier molecular flexibility index (Phi) is 3.10. The molecule has 0 unspecified atom stereocenters. The minimum atomic E-state index is 0.311. The van der Waals surface area contributed by atoms with Crippen LogP contribution in [0.15, 0.2) is 18.2 Å². The minimum Gasteiger partial charge on any atom is -0.507 e. The topological polar surface area (TPSA) is 58.3 Å². The van der Waals surface area contributed by atoms with Gasteiger partial charge < -0.3 is 5.11 Å². The Labute approximate surface area is 78.7 Å². The second-order valence-electron chi connectivity index (χ2n) is 2.13. The highest BCUT2D eigenvalue weighted by Crippen LogP contribution is 2.23. The van der Waals surface area contributed by atoms with Crippen LogP contribution in [0.1, 0.15) is 5.56 Å². The Hall–Kier alpha value is -0.330. The number of nitrogens with one attached hydrogen (secondary N) is 1. The minimum absolute atomic E-state index is 0.311. The smallest absolute Gasteiger partial charge is 0.133 e. The molecule has 0 amide bonds. The maximum Gasteiger partial charge on any atom is 0.133 e. The van der Waals surface area contributed by atoms with Crippen LogP contribution in [0.2, 0.25) is 0 Å². The summed E-state index contributed by atoms with van der Waals surface area (Å²) >= 11 is 2.07. The van der Waals surface area contributed by atoms with Crippen molar-refractivity contribution in [1.29, 1.82) is 0 Å². The summed E-state index contributed by atoms with van der Waals surface area (Å²) in [6, 6.07) is 5.56. The van der Waals surface area contributed by atoms with Crippen LogP contribution in [0.5, 0.6) is 5.75 Å². The molecule has 0 bridgehead atoms. The summed E-state index contributed by atoms with van der Waals surface area (Å²) < 4.78 is 0.843. The summed E-state index contributed by atoms with van der Waals surface area (Å²) in [6.07, 6.45) is 0. The zero-order valence-electron chi connectivity index (χ0n) is 5.84. The fourth-order valence-electron chi connectivity index (χ4n) is 0.813. The number of rotatable bonds is 2. The molecule has 4 heteroatoms. The van der Waals surface area contributed by atoms with Gasteiger partial charge in [0, 0.05) is 12.1 Å². The second kappa shape index (κ2) is 3.89. The van der Waals surface area contributed by atoms with Crippen molar-refractivity contribution < 1.29 is 5.11 Å². The third-order valence-corrected chi connectivity index (χ3v) is 2.23. The van der Waals surface area contributed by atoms with Gasteiger partial charge in [-0.25, -0.2) is 0 Å². The van der Waals surface area contributed by atoms with Crippen LogP contribution in [0.3, 0.4) is 0 Å². The van der Waals surface area contributed by atoms with E-state index in [1.165, 1.54) is 0 Å². The van der Waals surface area contributed by atoms with Gasteiger partial charge in [0.25, 0.3) is 0 Å². The number of benzene rings is 1.